The van der Waals surface area contributed by atoms with E-state index in [-0.39, 0.29) is 41.9 Å². The second-order valence-electron chi connectivity index (χ2n) is 6.83. The van der Waals surface area contributed by atoms with Crippen LogP contribution in [0.25, 0.3) is 0 Å². The van der Waals surface area contributed by atoms with Crippen LogP contribution in [0.4, 0.5) is 16.1 Å². The Labute approximate surface area is 166 Å². The van der Waals surface area contributed by atoms with Crippen LogP contribution in [0, 0.1) is 5.82 Å². The molecule has 1 aliphatic rings. The number of anilines is 2. The lowest BCUT2D eigenvalue weighted by Gasteiger charge is -2.15. The van der Waals surface area contributed by atoms with Crippen LogP contribution in [0.5, 0.6) is 0 Å². The lowest BCUT2D eigenvalue weighted by Crippen LogP contribution is -2.24. The third-order valence-electron chi connectivity index (χ3n) is 4.90. The van der Waals surface area contributed by atoms with E-state index in [9.17, 15) is 14.0 Å². The number of aromatic nitrogens is 2. The van der Waals surface area contributed by atoms with Crippen LogP contribution >= 0.6 is 0 Å². The van der Waals surface area contributed by atoms with Crippen molar-refractivity contribution in [3.05, 3.63) is 71.4 Å². The maximum atomic E-state index is 13.1. The molecule has 1 fully saturated rings. The highest BCUT2D eigenvalue weighted by Crippen LogP contribution is 2.31. The predicted octanol–water partition coefficient (Wildman–Crippen LogP) is 3.54. The Morgan fingerprint density at radius 3 is 2.59 bits per heavy atom. The molecule has 0 aliphatic carbocycles. The van der Waals surface area contributed by atoms with E-state index in [1.54, 1.807) is 29.2 Å². The maximum Gasteiger partial charge on any atom is 0.322 e. The van der Waals surface area contributed by atoms with E-state index in [1.165, 1.54) is 12.1 Å². The van der Waals surface area contributed by atoms with Gasteiger partial charge in [-0.1, -0.05) is 24.2 Å². The first-order valence-corrected chi connectivity index (χ1v) is 9.33. The van der Waals surface area contributed by atoms with Crippen LogP contribution in [0.1, 0.15) is 41.1 Å². The van der Waals surface area contributed by atoms with Gasteiger partial charge >= 0.3 is 6.01 Å². The monoisotopic (exact) mass is 394 g/mol. The van der Waals surface area contributed by atoms with Crippen LogP contribution in [-0.4, -0.2) is 28.6 Å². The first kappa shape index (κ1) is 18.8. The molecule has 0 spiro atoms. The molecule has 2 aromatic carbocycles. The van der Waals surface area contributed by atoms with Gasteiger partial charge in [-0.2, -0.15) is 0 Å². The van der Waals surface area contributed by atoms with E-state index in [4.69, 9.17) is 4.42 Å². The van der Waals surface area contributed by atoms with E-state index in [0.717, 1.165) is 12.0 Å². The standard InChI is InChI=1S/C21H19FN4O3/c1-2-13-3-5-14(6-4-13)19(28)23-21-25-24-20(29-21)15-11-18(27)26(12-15)17-9-7-16(22)8-10-17/h3-10,15H,2,11-12H2,1H3,(H,23,25,28). The number of amides is 2. The zero-order chi connectivity index (χ0) is 20.4. The lowest BCUT2D eigenvalue weighted by molar-refractivity contribution is -0.117. The number of halogens is 1. The second-order valence-corrected chi connectivity index (χ2v) is 6.83. The molecule has 1 aliphatic heterocycles. The van der Waals surface area contributed by atoms with E-state index in [2.05, 4.69) is 15.5 Å². The highest BCUT2D eigenvalue weighted by molar-refractivity contribution is 6.03. The molecule has 1 N–H and O–H groups in total. The van der Waals surface area contributed by atoms with Crippen molar-refractivity contribution >= 4 is 23.5 Å². The third-order valence-corrected chi connectivity index (χ3v) is 4.90. The summed E-state index contributed by atoms with van der Waals surface area (Å²) in [5.74, 6) is -0.840. The molecule has 0 bridgehead atoms. The van der Waals surface area contributed by atoms with Gasteiger partial charge in [0.05, 0.1) is 5.92 Å². The summed E-state index contributed by atoms with van der Waals surface area (Å²) in [5, 5.41) is 10.4. The Morgan fingerprint density at radius 1 is 1.17 bits per heavy atom. The topological polar surface area (TPSA) is 88.3 Å². The van der Waals surface area contributed by atoms with Gasteiger partial charge in [-0.3, -0.25) is 14.9 Å². The molecule has 1 saturated heterocycles. The Morgan fingerprint density at radius 2 is 1.90 bits per heavy atom. The quantitative estimate of drug-likeness (QED) is 0.715. The van der Waals surface area contributed by atoms with Gasteiger partial charge in [-0.15, -0.1) is 5.10 Å². The van der Waals surface area contributed by atoms with Crippen molar-refractivity contribution in [3.8, 4) is 0 Å². The summed E-state index contributed by atoms with van der Waals surface area (Å²) in [7, 11) is 0. The number of benzene rings is 2. The van der Waals surface area contributed by atoms with Gasteiger partial charge in [0.25, 0.3) is 5.91 Å². The molecule has 4 rings (SSSR count). The number of aryl methyl sites for hydroxylation is 1. The van der Waals surface area contributed by atoms with Gasteiger partial charge in [0.2, 0.25) is 11.8 Å². The fourth-order valence-electron chi connectivity index (χ4n) is 3.25. The normalized spacial score (nSPS) is 16.3. The van der Waals surface area contributed by atoms with E-state index in [1.807, 2.05) is 19.1 Å². The summed E-state index contributed by atoms with van der Waals surface area (Å²) in [4.78, 5) is 26.2. The molecular formula is C21H19FN4O3. The molecule has 2 heterocycles. The van der Waals surface area contributed by atoms with E-state index in [0.29, 0.717) is 17.8 Å². The predicted molar refractivity (Wildman–Crippen MR) is 104 cm³/mol. The van der Waals surface area contributed by atoms with Crippen molar-refractivity contribution < 1.29 is 18.4 Å². The van der Waals surface area contributed by atoms with Crippen molar-refractivity contribution in [1.82, 2.24) is 10.2 Å². The number of carbonyl (C=O) groups is 2. The summed E-state index contributed by atoms with van der Waals surface area (Å²) in [6.45, 7) is 2.39. The number of hydrogen-bond acceptors (Lipinski definition) is 5. The zero-order valence-electron chi connectivity index (χ0n) is 15.8. The van der Waals surface area contributed by atoms with Crippen molar-refractivity contribution in [2.24, 2.45) is 0 Å². The number of nitrogens with zero attached hydrogens (tertiary/aromatic N) is 3. The Kier molecular flexibility index (Phi) is 5.07. The molecule has 2 amide bonds. The molecule has 1 unspecified atom stereocenters. The smallest absolute Gasteiger partial charge is 0.322 e. The number of nitrogens with one attached hydrogen (secondary N) is 1. The van der Waals surface area contributed by atoms with Crippen LogP contribution < -0.4 is 10.2 Å². The highest BCUT2D eigenvalue weighted by Gasteiger charge is 2.35. The van der Waals surface area contributed by atoms with E-state index >= 15 is 0 Å². The highest BCUT2D eigenvalue weighted by atomic mass is 19.1. The Balaban J connectivity index is 1.42. The number of rotatable bonds is 5. The summed E-state index contributed by atoms with van der Waals surface area (Å²) in [6.07, 6.45) is 1.09. The summed E-state index contributed by atoms with van der Waals surface area (Å²) in [5.41, 5.74) is 2.24. The number of hydrogen-bond donors (Lipinski definition) is 1. The molecule has 148 valence electrons. The van der Waals surface area contributed by atoms with Gasteiger partial charge in [0, 0.05) is 24.2 Å². The fraction of sp³-hybridized carbons (Fsp3) is 0.238. The fourth-order valence-corrected chi connectivity index (χ4v) is 3.25. The summed E-state index contributed by atoms with van der Waals surface area (Å²) in [6, 6.07) is 13.0. The molecule has 8 heteroatoms. The molecule has 1 atom stereocenters. The third kappa shape index (κ3) is 4.01. The summed E-state index contributed by atoms with van der Waals surface area (Å²) < 4.78 is 18.7. The second kappa shape index (κ2) is 7.83. The van der Waals surface area contributed by atoms with Crippen molar-refractivity contribution in [2.75, 3.05) is 16.8 Å². The summed E-state index contributed by atoms with van der Waals surface area (Å²) >= 11 is 0. The first-order chi connectivity index (χ1) is 14.0. The minimum absolute atomic E-state index is 0.0164. The van der Waals surface area contributed by atoms with E-state index < -0.39 is 0 Å². The van der Waals surface area contributed by atoms with Crippen LogP contribution in [0.2, 0.25) is 0 Å². The first-order valence-electron chi connectivity index (χ1n) is 9.33. The minimum Gasteiger partial charge on any atom is -0.407 e. The van der Waals surface area contributed by atoms with Crippen LogP contribution in [-0.2, 0) is 11.2 Å². The SMILES string of the molecule is CCc1ccc(C(=O)Nc2nnc(C3CC(=O)N(c4ccc(F)cc4)C3)o2)cc1. The molecule has 1 aromatic heterocycles. The van der Waals surface area contributed by atoms with Gasteiger partial charge < -0.3 is 9.32 Å². The molecule has 3 aromatic rings. The molecule has 0 radical (unpaired) electrons. The molecule has 29 heavy (non-hydrogen) atoms. The molecular weight excluding hydrogens is 375 g/mol. The van der Waals surface area contributed by atoms with Gasteiger partial charge in [-0.25, -0.2) is 4.39 Å². The average molecular weight is 394 g/mol. The van der Waals surface area contributed by atoms with Crippen LogP contribution in [0.3, 0.4) is 0 Å². The average Bonchev–Trinajstić information content (AvgIpc) is 3.35. The Hall–Kier alpha value is -3.55. The van der Waals surface area contributed by atoms with Crippen molar-refractivity contribution in [2.45, 2.75) is 25.7 Å². The minimum atomic E-state index is -0.362. The maximum absolute atomic E-state index is 13.1. The molecule has 0 saturated carbocycles. The van der Waals surface area contributed by atoms with Gasteiger partial charge in [0.15, 0.2) is 0 Å². The van der Waals surface area contributed by atoms with Gasteiger partial charge in [-0.05, 0) is 48.4 Å². The largest absolute Gasteiger partial charge is 0.407 e. The number of carbonyl (C=O) groups excluding carboxylic acids is 2. The van der Waals surface area contributed by atoms with Crippen LogP contribution in [0.15, 0.2) is 52.9 Å². The van der Waals surface area contributed by atoms with Gasteiger partial charge in [0.1, 0.15) is 5.82 Å². The van der Waals surface area contributed by atoms with Crippen molar-refractivity contribution in [3.63, 3.8) is 0 Å². The van der Waals surface area contributed by atoms with Crippen molar-refractivity contribution in [1.29, 1.82) is 0 Å². The lowest BCUT2D eigenvalue weighted by atomic mass is 10.1. The molecule has 7 nitrogen and oxygen atoms in total. The zero-order valence-corrected chi connectivity index (χ0v) is 15.8. The Bertz CT molecular complexity index is 1030.